The van der Waals surface area contributed by atoms with Gasteiger partial charge >= 0.3 is 57.4 Å². The van der Waals surface area contributed by atoms with Gasteiger partial charge in [-0.05, 0) is 17.7 Å². The normalized spacial score (nSPS) is 11.0. The van der Waals surface area contributed by atoms with Crippen LogP contribution in [0.25, 0.3) is 11.5 Å². The quantitative estimate of drug-likeness (QED) is 0.360. The number of aromatic nitrogens is 2. The molecule has 0 amide bonds. The standard InChI is InChI=1S/C15H11N3O2.K/c19-13(11-7-3-1-4-8-11)16-15-18-17-14(20-15)12-9-5-2-6-10-12;/h1-10H,(H,16,18,19);/q;+1/p-1. The van der Waals surface area contributed by atoms with Gasteiger partial charge in [0.15, 0.2) is 0 Å². The maximum atomic E-state index is 11.9. The van der Waals surface area contributed by atoms with Crippen LogP contribution in [0.1, 0.15) is 5.56 Å². The number of rotatable bonds is 3. The van der Waals surface area contributed by atoms with Gasteiger partial charge < -0.3 is 9.52 Å². The van der Waals surface area contributed by atoms with Crippen LogP contribution in [-0.4, -0.2) is 16.1 Å². The summed E-state index contributed by atoms with van der Waals surface area (Å²) in [5.41, 5.74) is 1.26. The third-order valence-corrected chi connectivity index (χ3v) is 2.65. The van der Waals surface area contributed by atoms with Crippen LogP contribution in [0.4, 0.5) is 6.01 Å². The van der Waals surface area contributed by atoms with E-state index in [0.717, 1.165) is 5.56 Å². The van der Waals surface area contributed by atoms with Gasteiger partial charge in [-0.1, -0.05) is 53.6 Å². The number of aliphatic imine (C=N–C) groups is 1. The van der Waals surface area contributed by atoms with Crippen LogP contribution in [0.5, 0.6) is 0 Å². The Labute approximate surface area is 164 Å². The number of hydrogen-bond donors (Lipinski definition) is 0. The molecule has 6 heteroatoms. The molecule has 21 heavy (non-hydrogen) atoms. The maximum absolute atomic E-state index is 11.9. The molecule has 98 valence electrons. The molecule has 0 saturated heterocycles. The van der Waals surface area contributed by atoms with Gasteiger partial charge in [-0.15, -0.1) is 5.10 Å². The van der Waals surface area contributed by atoms with Crippen molar-refractivity contribution in [2.45, 2.75) is 0 Å². The molecule has 0 unspecified atom stereocenters. The maximum Gasteiger partial charge on any atom is 1.00 e. The Hall–Kier alpha value is -1.31. The molecule has 0 atom stereocenters. The van der Waals surface area contributed by atoms with E-state index in [1.807, 2.05) is 36.4 Å². The molecule has 0 spiro atoms. The van der Waals surface area contributed by atoms with Crippen LogP contribution in [0, 0.1) is 0 Å². The summed E-state index contributed by atoms with van der Waals surface area (Å²) in [5.74, 6) is -0.0703. The van der Waals surface area contributed by atoms with Gasteiger partial charge in [0.25, 0.3) is 0 Å². The molecule has 0 bridgehead atoms. The third-order valence-electron chi connectivity index (χ3n) is 2.65. The molecule has 3 rings (SSSR count). The second kappa shape index (κ2) is 7.63. The van der Waals surface area contributed by atoms with E-state index in [1.54, 1.807) is 24.3 Å². The molecule has 0 aliphatic rings. The molecule has 0 N–H and O–H groups in total. The smallest absolute Gasteiger partial charge is 0.858 e. The van der Waals surface area contributed by atoms with E-state index in [2.05, 4.69) is 15.2 Å². The van der Waals surface area contributed by atoms with E-state index in [9.17, 15) is 5.11 Å². The van der Waals surface area contributed by atoms with Gasteiger partial charge in [0, 0.05) is 11.5 Å². The second-order valence-corrected chi connectivity index (χ2v) is 4.04. The van der Waals surface area contributed by atoms with Crippen LogP contribution in [-0.2, 0) is 0 Å². The van der Waals surface area contributed by atoms with E-state index in [0.29, 0.717) is 11.5 Å². The second-order valence-electron chi connectivity index (χ2n) is 4.04. The fourth-order valence-electron chi connectivity index (χ4n) is 1.69. The van der Waals surface area contributed by atoms with Crippen LogP contribution in [0.3, 0.4) is 0 Å². The molecular weight excluding hydrogens is 293 g/mol. The molecule has 0 aliphatic heterocycles. The summed E-state index contributed by atoms with van der Waals surface area (Å²) in [6.45, 7) is 0. The predicted molar refractivity (Wildman–Crippen MR) is 72.4 cm³/mol. The molecular formula is C15H10KN3O2. The zero-order chi connectivity index (χ0) is 13.8. The average Bonchev–Trinajstić information content (AvgIpc) is 2.97. The van der Waals surface area contributed by atoms with Gasteiger partial charge in [0.1, 0.15) is 0 Å². The number of benzene rings is 2. The van der Waals surface area contributed by atoms with Crippen molar-refractivity contribution in [3.63, 3.8) is 0 Å². The molecule has 5 nitrogen and oxygen atoms in total. The van der Waals surface area contributed by atoms with E-state index in [-0.39, 0.29) is 57.4 Å². The Balaban J connectivity index is 0.00000161. The van der Waals surface area contributed by atoms with Crippen molar-refractivity contribution < 1.29 is 60.9 Å². The van der Waals surface area contributed by atoms with Gasteiger partial charge in [0.2, 0.25) is 5.89 Å². The number of hydrogen-bond acceptors (Lipinski definition) is 5. The van der Waals surface area contributed by atoms with Crippen LogP contribution >= 0.6 is 0 Å². The molecule has 0 saturated carbocycles. The Morgan fingerprint density at radius 1 is 0.905 bits per heavy atom. The summed E-state index contributed by atoms with van der Waals surface area (Å²) in [7, 11) is 0. The van der Waals surface area contributed by atoms with Crippen molar-refractivity contribution >= 4 is 11.9 Å². The van der Waals surface area contributed by atoms with Gasteiger partial charge in [-0.25, -0.2) is 4.99 Å². The zero-order valence-corrected chi connectivity index (χ0v) is 14.6. The van der Waals surface area contributed by atoms with Crippen LogP contribution in [0.15, 0.2) is 70.1 Å². The Morgan fingerprint density at radius 3 is 2.19 bits per heavy atom. The van der Waals surface area contributed by atoms with Gasteiger partial charge in [-0.2, -0.15) is 0 Å². The Kier molecular flexibility index (Phi) is 5.83. The summed E-state index contributed by atoms with van der Waals surface area (Å²) < 4.78 is 5.35. The molecule has 0 fully saturated rings. The van der Waals surface area contributed by atoms with Crippen molar-refractivity contribution in [2.75, 3.05) is 0 Å². The van der Waals surface area contributed by atoms with Crippen molar-refractivity contribution in [1.82, 2.24) is 10.2 Å². The van der Waals surface area contributed by atoms with Crippen molar-refractivity contribution in [1.29, 1.82) is 0 Å². The summed E-state index contributed by atoms with van der Waals surface area (Å²) >= 11 is 0. The zero-order valence-electron chi connectivity index (χ0n) is 11.4. The first-order chi connectivity index (χ1) is 9.83. The topological polar surface area (TPSA) is 74.3 Å². The minimum Gasteiger partial charge on any atom is -0.858 e. The van der Waals surface area contributed by atoms with E-state index < -0.39 is 5.90 Å². The molecule has 0 aliphatic carbocycles. The van der Waals surface area contributed by atoms with E-state index in [1.165, 1.54) is 0 Å². The van der Waals surface area contributed by atoms with Crippen molar-refractivity contribution in [3.8, 4) is 11.5 Å². The molecule has 3 aromatic rings. The summed E-state index contributed by atoms with van der Waals surface area (Å²) in [6.07, 6.45) is 0. The fourth-order valence-corrected chi connectivity index (χ4v) is 1.69. The molecule has 1 heterocycles. The first-order valence-corrected chi connectivity index (χ1v) is 6.03. The Morgan fingerprint density at radius 2 is 1.52 bits per heavy atom. The van der Waals surface area contributed by atoms with Crippen LogP contribution < -0.4 is 56.5 Å². The minimum absolute atomic E-state index is 0. The minimum atomic E-state index is -0.408. The van der Waals surface area contributed by atoms with Crippen molar-refractivity contribution in [3.05, 3.63) is 66.2 Å². The van der Waals surface area contributed by atoms with Gasteiger partial charge in [-0.3, -0.25) is 0 Å². The molecule has 2 aromatic carbocycles. The largest absolute Gasteiger partial charge is 1.00 e. The first kappa shape index (κ1) is 16.1. The predicted octanol–water partition coefficient (Wildman–Crippen LogP) is -0.821. The monoisotopic (exact) mass is 303 g/mol. The summed E-state index contributed by atoms with van der Waals surface area (Å²) in [6, 6.07) is 18.0. The molecule has 1 aromatic heterocycles. The molecule has 0 radical (unpaired) electrons. The van der Waals surface area contributed by atoms with E-state index in [4.69, 9.17) is 4.42 Å². The van der Waals surface area contributed by atoms with Crippen LogP contribution in [0.2, 0.25) is 0 Å². The third kappa shape index (κ3) is 4.09. The first-order valence-electron chi connectivity index (χ1n) is 6.03. The SMILES string of the molecule is [K+].[O-]C(=Nc1nnc(-c2ccccc2)o1)c1ccccc1. The van der Waals surface area contributed by atoms with E-state index >= 15 is 0 Å². The van der Waals surface area contributed by atoms with Gasteiger partial charge in [0.05, 0.1) is 0 Å². The Bertz CT molecular complexity index is 727. The number of nitrogens with zero attached hydrogens (tertiary/aromatic N) is 3. The summed E-state index contributed by atoms with van der Waals surface area (Å²) in [4.78, 5) is 3.80. The summed E-state index contributed by atoms with van der Waals surface area (Å²) in [5, 5.41) is 19.5. The van der Waals surface area contributed by atoms with Crippen molar-refractivity contribution in [2.24, 2.45) is 4.99 Å². The average molecular weight is 303 g/mol. The fraction of sp³-hybridized carbons (Fsp3) is 0.